The van der Waals surface area contributed by atoms with Gasteiger partial charge in [0.15, 0.2) is 11.6 Å². The number of carbonyl (C=O) groups excluding carboxylic acids is 1. The Morgan fingerprint density at radius 3 is 2.67 bits per heavy atom. The summed E-state index contributed by atoms with van der Waals surface area (Å²) in [7, 11) is 4.86. The minimum absolute atomic E-state index is 0.0464. The third kappa shape index (κ3) is 4.68. The number of aryl methyl sites for hydroxylation is 1. The first kappa shape index (κ1) is 21.9. The van der Waals surface area contributed by atoms with Gasteiger partial charge in [-0.15, -0.1) is 5.10 Å². The van der Waals surface area contributed by atoms with E-state index in [-0.39, 0.29) is 11.5 Å². The number of hydrogen-bond donors (Lipinski definition) is 1. The van der Waals surface area contributed by atoms with Crippen molar-refractivity contribution in [1.82, 2.24) is 19.7 Å². The van der Waals surface area contributed by atoms with Crippen molar-refractivity contribution in [3.05, 3.63) is 41.2 Å². The van der Waals surface area contributed by atoms with Crippen LogP contribution in [-0.2, 0) is 11.3 Å². The van der Waals surface area contributed by atoms with Crippen LogP contribution in [0, 0.1) is 13.8 Å². The van der Waals surface area contributed by atoms with Crippen LogP contribution in [0.25, 0.3) is 11.4 Å². The Morgan fingerprint density at radius 1 is 1.17 bits per heavy atom. The normalized spacial score (nSPS) is 11.0. The monoisotopic (exact) mass is 430 g/mol. The Hall–Kier alpha value is -2.78. The highest BCUT2D eigenvalue weighted by atomic mass is 32.2. The molecule has 0 spiro atoms. The van der Waals surface area contributed by atoms with E-state index in [1.54, 1.807) is 27.4 Å². The maximum atomic E-state index is 12.8. The molecule has 0 amide bonds. The number of H-pyrrole nitrogens is 1. The van der Waals surface area contributed by atoms with Crippen molar-refractivity contribution in [2.45, 2.75) is 25.5 Å². The number of thioether (sulfide) groups is 1. The summed E-state index contributed by atoms with van der Waals surface area (Å²) in [5.74, 6) is 2.19. The largest absolute Gasteiger partial charge is 0.497 e. The molecular weight excluding hydrogens is 404 g/mol. The number of aromatic amines is 1. The summed E-state index contributed by atoms with van der Waals surface area (Å²) in [6, 6.07) is 7.40. The molecule has 9 heteroatoms. The van der Waals surface area contributed by atoms with E-state index in [0.29, 0.717) is 29.1 Å². The molecule has 0 saturated carbocycles. The zero-order valence-corrected chi connectivity index (χ0v) is 18.6. The molecule has 0 aliphatic carbocycles. The molecular formula is C21H26N4O4S. The Morgan fingerprint density at radius 2 is 1.97 bits per heavy atom. The Kier molecular flexibility index (Phi) is 7.17. The van der Waals surface area contributed by atoms with Crippen LogP contribution in [0.5, 0.6) is 11.5 Å². The van der Waals surface area contributed by atoms with Gasteiger partial charge in [0.1, 0.15) is 11.5 Å². The van der Waals surface area contributed by atoms with Gasteiger partial charge in [0, 0.05) is 36.7 Å². The van der Waals surface area contributed by atoms with Crippen LogP contribution < -0.4 is 9.47 Å². The van der Waals surface area contributed by atoms with E-state index in [1.165, 1.54) is 11.8 Å². The number of hydrogen-bond acceptors (Lipinski definition) is 7. The first-order valence-corrected chi connectivity index (χ1v) is 10.4. The summed E-state index contributed by atoms with van der Waals surface area (Å²) >= 11 is 1.30. The van der Waals surface area contributed by atoms with Crippen LogP contribution in [0.4, 0.5) is 0 Å². The van der Waals surface area contributed by atoms with Gasteiger partial charge in [0.2, 0.25) is 5.16 Å². The Balaban J connectivity index is 1.70. The van der Waals surface area contributed by atoms with E-state index in [0.717, 1.165) is 29.1 Å². The highest BCUT2D eigenvalue weighted by Crippen LogP contribution is 2.32. The van der Waals surface area contributed by atoms with E-state index in [4.69, 9.17) is 14.2 Å². The number of rotatable bonds is 10. The van der Waals surface area contributed by atoms with Crippen molar-refractivity contribution < 1.29 is 19.0 Å². The van der Waals surface area contributed by atoms with Gasteiger partial charge < -0.3 is 18.8 Å². The molecule has 0 aliphatic heterocycles. The highest BCUT2D eigenvalue weighted by Gasteiger charge is 2.18. The minimum Gasteiger partial charge on any atom is -0.497 e. The van der Waals surface area contributed by atoms with Crippen molar-refractivity contribution in [1.29, 1.82) is 0 Å². The predicted molar refractivity (Wildman–Crippen MR) is 116 cm³/mol. The van der Waals surface area contributed by atoms with Crippen molar-refractivity contribution >= 4 is 17.5 Å². The molecule has 0 bridgehead atoms. The number of methoxy groups -OCH3 is 3. The van der Waals surface area contributed by atoms with Crippen LogP contribution in [0.2, 0.25) is 0 Å². The number of nitrogens with zero attached hydrogens (tertiary/aromatic N) is 3. The third-order valence-electron chi connectivity index (χ3n) is 4.85. The number of ether oxygens (including phenoxy) is 3. The summed E-state index contributed by atoms with van der Waals surface area (Å²) in [6.07, 6.45) is 0. The first-order valence-electron chi connectivity index (χ1n) is 9.45. The lowest BCUT2D eigenvalue weighted by molar-refractivity contribution is 0.102. The second-order valence-electron chi connectivity index (χ2n) is 6.67. The SMILES string of the molecule is COCCn1c(C)cc(C(=O)CSc2n[nH]c(-c3ccc(OC)cc3OC)n2)c1C. The van der Waals surface area contributed by atoms with Crippen molar-refractivity contribution in [3.8, 4) is 22.9 Å². The third-order valence-corrected chi connectivity index (χ3v) is 5.70. The molecule has 1 N–H and O–H groups in total. The van der Waals surface area contributed by atoms with Gasteiger partial charge in [0.05, 0.1) is 32.1 Å². The van der Waals surface area contributed by atoms with Gasteiger partial charge in [-0.25, -0.2) is 4.98 Å². The van der Waals surface area contributed by atoms with Crippen LogP contribution in [-0.4, -0.2) is 59.2 Å². The molecule has 3 rings (SSSR count). The second-order valence-corrected chi connectivity index (χ2v) is 7.62. The average molecular weight is 431 g/mol. The van der Waals surface area contributed by atoms with Gasteiger partial charge in [-0.05, 0) is 32.0 Å². The molecule has 1 aromatic carbocycles. The van der Waals surface area contributed by atoms with Gasteiger partial charge >= 0.3 is 0 Å². The fourth-order valence-electron chi connectivity index (χ4n) is 3.24. The molecule has 30 heavy (non-hydrogen) atoms. The van der Waals surface area contributed by atoms with Gasteiger partial charge in [0.25, 0.3) is 0 Å². The molecule has 8 nitrogen and oxygen atoms in total. The zero-order valence-electron chi connectivity index (χ0n) is 17.8. The van der Waals surface area contributed by atoms with E-state index in [1.807, 2.05) is 32.0 Å². The number of carbonyl (C=O) groups is 1. The molecule has 160 valence electrons. The molecule has 0 saturated heterocycles. The van der Waals surface area contributed by atoms with Crippen molar-refractivity contribution in [3.63, 3.8) is 0 Å². The Labute approximate surface area is 179 Å². The van der Waals surface area contributed by atoms with E-state index in [2.05, 4.69) is 19.7 Å². The van der Waals surface area contributed by atoms with Crippen molar-refractivity contribution in [2.24, 2.45) is 0 Å². The lowest BCUT2D eigenvalue weighted by Gasteiger charge is -2.08. The number of benzene rings is 1. The van der Waals surface area contributed by atoms with Crippen LogP contribution >= 0.6 is 11.8 Å². The first-order chi connectivity index (χ1) is 14.5. The maximum absolute atomic E-state index is 12.8. The fraction of sp³-hybridized carbons (Fsp3) is 0.381. The molecule has 0 unspecified atom stereocenters. The molecule has 0 fully saturated rings. The van der Waals surface area contributed by atoms with Crippen molar-refractivity contribution in [2.75, 3.05) is 33.7 Å². The van der Waals surface area contributed by atoms with Crippen LogP contribution in [0.15, 0.2) is 29.4 Å². The molecule has 2 aromatic heterocycles. The second kappa shape index (κ2) is 9.82. The topological polar surface area (TPSA) is 91.3 Å². The van der Waals surface area contributed by atoms with Crippen LogP contribution in [0.3, 0.4) is 0 Å². The summed E-state index contributed by atoms with van der Waals surface area (Å²) in [6.45, 7) is 5.29. The quantitative estimate of drug-likeness (QED) is 0.389. The van der Waals surface area contributed by atoms with Crippen LogP contribution in [0.1, 0.15) is 21.7 Å². The maximum Gasteiger partial charge on any atom is 0.209 e. The smallest absolute Gasteiger partial charge is 0.209 e. The summed E-state index contributed by atoms with van der Waals surface area (Å²) in [4.78, 5) is 17.3. The molecule has 3 aromatic rings. The van der Waals surface area contributed by atoms with E-state index < -0.39 is 0 Å². The zero-order chi connectivity index (χ0) is 21.7. The molecule has 0 atom stereocenters. The minimum atomic E-state index is 0.0464. The number of ketones is 1. The number of aromatic nitrogens is 4. The van der Waals surface area contributed by atoms with E-state index >= 15 is 0 Å². The lowest BCUT2D eigenvalue weighted by Crippen LogP contribution is -2.09. The summed E-state index contributed by atoms with van der Waals surface area (Å²) in [5, 5.41) is 7.65. The Bertz CT molecular complexity index is 1030. The van der Waals surface area contributed by atoms with Gasteiger partial charge in [-0.2, -0.15) is 0 Å². The summed E-state index contributed by atoms with van der Waals surface area (Å²) in [5.41, 5.74) is 3.49. The number of Topliss-reactive ketones (excluding diaryl/α,β-unsaturated/α-hetero) is 1. The van der Waals surface area contributed by atoms with Gasteiger partial charge in [-0.1, -0.05) is 11.8 Å². The highest BCUT2D eigenvalue weighted by molar-refractivity contribution is 7.99. The molecule has 0 aliphatic rings. The molecule has 0 radical (unpaired) electrons. The van der Waals surface area contributed by atoms with Gasteiger partial charge in [-0.3, -0.25) is 9.89 Å². The van der Waals surface area contributed by atoms with E-state index in [9.17, 15) is 4.79 Å². The predicted octanol–water partition coefficient (Wildman–Crippen LogP) is 3.53. The average Bonchev–Trinajstić information content (AvgIpc) is 3.34. The fourth-order valence-corrected chi connectivity index (χ4v) is 3.93. The number of nitrogens with one attached hydrogen (secondary N) is 1. The standard InChI is InChI=1S/C21H26N4O4S/c1-13-10-17(14(2)25(13)8-9-27-3)18(26)12-30-21-22-20(23-24-21)16-7-6-15(28-4)11-19(16)29-5/h6-7,10-11H,8-9,12H2,1-5H3,(H,22,23,24). The summed E-state index contributed by atoms with van der Waals surface area (Å²) < 4.78 is 17.9. The molecule has 2 heterocycles. The lowest BCUT2D eigenvalue weighted by atomic mass is 10.2.